The number of carbonyl (C=O) groups excluding carboxylic acids is 3. The average Bonchev–Trinajstić information content (AvgIpc) is 2.96. The number of nitrogens with zero attached hydrogens (tertiary/aromatic N) is 4. The summed E-state index contributed by atoms with van der Waals surface area (Å²) in [5.74, 6) is -0.436. The molecule has 23 heavy (non-hydrogen) atoms. The number of nitrogens with one attached hydrogen (secondary N) is 1. The molecule has 2 heterocycles. The number of aromatic nitrogens is 2. The molecule has 1 N–H and O–H groups in total. The smallest absolute Gasteiger partial charge is 0.244 e. The van der Waals surface area contributed by atoms with E-state index in [-0.39, 0.29) is 30.7 Å². The van der Waals surface area contributed by atoms with Gasteiger partial charge in [0, 0.05) is 51.9 Å². The van der Waals surface area contributed by atoms with Crippen molar-refractivity contribution in [2.75, 3.05) is 26.7 Å². The van der Waals surface area contributed by atoms with Crippen LogP contribution in [0.5, 0.6) is 0 Å². The van der Waals surface area contributed by atoms with E-state index in [4.69, 9.17) is 0 Å². The summed E-state index contributed by atoms with van der Waals surface area (Å²) in [4.78, 5) is 39.3. The van der Waals surface area contributed by atoms with Crippen LogP contribution >= 0.6 is 0 Å². The molecular formula is C15H23N5O3. The molecule has 1 saturated heterocycles. The van der Waals surface area contributed by atoms with E-state index in [0.717, 1.165) is 5.69 Å². The lowest BCUT2D eigenvalue weighted by Gasteiger charge is -2.40. The van der Waals surface area contributed by atoms with Crippen molar-refractivity contribution >= 4 is 17.7 Å². The molecule has 0 bridgehead atoms. The second kappa shape index (κ2) is 7.26. The predicted octanol–water partition coefficient (Wildman–Crippen LogP) is -0.613. The van der Waals surface area contributed by atoms with Gasteiger partial charge < -0.3 is 15.1 Å². The van der Waals surface area contributed by atoms with E-state index in [1.807, 2.05) is 13.0 Å². The molecular weight excluding hydrogens is 298 g/mol. The molecule has 1 aromatic rings. The number of aryl methyl sites for hydroxylation is 2. The topological polar surface area (TPSA) is 87.5 Å². The van der Waals surface area contributed by atoms with Crippen molar-refractivity contribution in [3.8, 4) is 0 Å². The van der Waals surface area contributed by atoms with Crippen molar-refractivity contribution in [3.63, 3.8) is 0 Å². The van der Waals surface area contributed by atoms with E-state index in [9.17, 15) is 14.4 Å². The van der Waals surface area contributed by atoms with Crippen LogP contribution in [-0.4, -0.2) is 70.0 Å². The first-order chi connectivity index (χ1) is 10.9. The quantitative estimate of drug-likeness (QED) is 0.801. The number of piperazine rings is 1. The Morgan fingerprint density at radius 3 is 2.65 bits per heavy atom. The molecule has 2 rings (SSSR count). The normalized spacial score (nSPS) is 18.0. The number of rotatable bonds is 4. The molecule has 1 atom stereocenters. The number of carbonyl (C=O) groups is 3. The van der Waals surface area contributed by atoms with Gasteiger partial charge in [-0.3, -0.25) is 19.1 Å². The fourth-order valence-electron chi connectivity index (χ4n) is 2.74. The van der Waals surface area contributed by atoms with Crippen LogP contribution in [-0.2, 0) is 20.9 Å². The van der Waals surface area contributed by atoms with Crippen LogP contribution in [0.4, 0.5) is 0 Å². The average molecular weight is 321 g/mol. The van der Waals surface area contributed by atoms with Gasteiger partial charge >= 0.3 is 0 Å². The Bertz CT molecular complexity index is 598. The summed E-state index contributed by atoms with van der Waals surface area (Å²) in [6, 6.07) is 1.24. The van der Waals surface area contributed by atoms with E-state index in [2.05, 4.69) is 10.4 Å². The highest BCUT2D eigenvalue weighted by Crippen LogP contribution is 2.13. The summed E-state index contributed by atoms with van der Waals surface area (Å²) in [7, 11) is 1.53. The molecule has 8 nitrogen and oxygen atoms in total. The highest BCUT2D eigenvalue weighted by Gasteiger charge is 2.35. The maximum atomic E-state index is 12.5. The molecule has 1 aromatic heterocycles. The molecule has 0 aliphatic carbocycles. The Kier molecular flexibility index (Phi) is 5.36. The van der Waals surface area contributed by atoms with Crippen molar-refractivity contribution in [2.45, 2.75) is 32.9 Å². The molecule has 1 unspecified atom stereocenters. The number of hydrogen-bond acceptors (Lipinski definition) is 4. The molecule has 126 valence electrons. The highest BCUT2D eigenvalue weighted by molar-refractivity contribution is 5.88. The summed E-state index contributed by atoms with van der Waals surface area (Å²) in [6.45, 7) is 4.94. The van der Waals surface area contributed by atoms with Crippen LogP contribution in [0.25, 0.3) is 0 Å². The lowest BCUT2D eigenvalue weighted by molar-refractivity contribution is -0.147. The minimum absolute atomic E-state index is 0.0850. The molecule has 1 aliphatic rings. The van der Waals surface area contributed by atoms with Crippen LogP contribution in [0.3, 0.4) is 0 Å². The van der Waals surface area contributed by atoms with E-state index in [1.54, 1.807) is 20.7 Å². The van der Waals surface area contributed by atoms with Gasteiger partial charge in [0.05, 0.1) is 6.54 Å². The van der Waals surface area contributed by atoms with Gasteiger partial charge in [0.15, 0.2) is 0 Å². The largest absolute Gasteiger partial charge is 0.357 e. The zero-order valence-electron chi connectivity index (χ0n) is 13.8. The van der Waals surface area contributed by atoms with Crippen LogP contribution < -0.4 is 5.32 Å². The lowest BCUT2D eigenvalue weighted by atomic mass is 10.1. The molecule has 0 spiro atoms. The monoisotopic (exact) mass is 321 g/mol. The minimum atomic E-state index is -0.635. The van der Waals surface area contributed by atoms with Crippen LogP contribution in [0.1, 0.15) is 19.0 Å². The number of hydrogen-bond donors (Lipinski definition) is 1. The molecule has 8 heteroatoms. The molecule has 1 fully saturated rings. The van der Waals surface area contributed by atoms with Gasteiger partial charge in [0.2, 0.25) is 17.7 Å². The number of amides is 3. The fraction of sp³-hybridized carbons (Fsp3) is 0.600. The van der Waals surface area contributed by atoms with Crippen LogP contribution in [0.2, 0.25) is 0 Å². The molecule has 0 aromatic carbocycles. The summed E-state index contributed by atoms with van der Waals surface area (Å²) in [5.41, 5.74) is 0.988. The van der Waals surface area contributed by atoms with Crippen molar-refractivity contribution in [1.29, 1.82) is 0 Å². The van der Waals surface area contributed by atoms with Gasteiger partial charge in [-0.1, -0.05) is 0 Å². The Labute approximate surface area is 135 Å². The zero-order valence-corrected chi connectivity index (χ0v) is 13.8. The maximum absolute atomic E-state index is 12.5. The fourth-order valence-corrected chi connectivity index (χ4v) is 2.74. The van der Waals surface area contributed by atoms with Crippen molar-refractivity contribution < 1.29 is 14.4 Å². The third kappa shape index (κ3) is 3.88. The SMILES string of the molecule is CNC(=O)C1CN(C(C)=O)CCN1C(=O)CCn1nccc1C. The molecule has 1 aliphatic heterocycles. The minimum Gasteiger partial charge on any atom is -0.357 e. The van der Waals surface area contributed by atoms with Gasteiger partial charge in [-0.15, -0.1) is 0 Å². The van der Waals surface area contributed by atoms with Crippen molar-refractivity contribution in [3.05, 3.63) is 18.0 Å². The van der Waals surface area contributed by atoms with E-state index < -0.39 is 6.04 Å². The summed E-state index contributed by atoms with van der Waals surface area (Å²) in [6.07, 6.45) is 1.97. The second-order valence-electron chi connectivity index (χ2n) is 5.63. The Morgan fingerprint density at radius 1 is 1.35 bits per heavy atom. The van der Waals surface area contributed by atoms with Gasteiger partial charge in [0.25, 0.3) is 0 Å². The van der Waals surface area contributed by atoms with Gasteiger partial charge in [0.1, 0.15) is 6.04 Å². The third-order valence-electron chi connectivity index (χ3n) is 4.16. The lowest BCUT2D eigenvalue weighted by Crippen LogP contribution is -2.61. The van der Waals surface area contributed by atoms with E-state index >= 15 is 0 Å². The van der Waals surface area contributed by atoms with Crippen LogP contribution in [0, 0.1) is 6.92 Å². The summed E-state index contributed by atoms with van der Waals surface area (Å²) >= 11 is 0. The number of likely N-dealkylation sites (N-methyl/N-ethyl adjacent to an activating group) is 1. The molecule has 0 radical (unpaired) electrons. The Balaban J connectivity index is 2.03. The third-order valence-corrected chi connectivity index (χ3v) is 4.16. The first-order valence-electron chi connectivity index (χ1n) is 7.69. The first-order valence-corrected chi connectivity index (χ1v) is 7.69. The summed E-state index contributed by atoms with van der Waals surface area (Å²) in [5, 5.41) is 6.72. The van der Waals surface area contributed by atoms with Crippen molar-refractivity contribution in [2.24, 2.45) is 0 Å². The maximum Gasteiger partial charge on any atom is 0.244 e. The predicted molar refractivity (Wildman–Crippen MR) is 83.4 cm³/mol. The van der Waals surface area contributed by atoms with Gasteiger partial charge in [-0.05, 0) is 13.0 Å². The molecule has 3 amide bonds. The Morgan fingerprint density at radius 2 is 2.09 bits per heavy atom. The standard InChI is InChI=1S/C15H23N5O3/c1-11-4-6-17-20(11)7-5-14(22)19-9-8-18(12(2)21)10-13(19)15(23)16-3/h4,6,13H,5,7-10H2,1-3H3,(H,16,23). The second-order valence-corrected chi connectivity index (χ2v) is 5.63. The van der Waals surface area contributed by atoms with E-state index in [1.165, 1.54) is 14.0 Å². The zero-order chi connectivity index (χ0) is 17.0. The van der Waals surface area contributed by atoms with Gasteiger partial charge in [-0.25, -0.2) is 0 Å². The highest BCUT2D eigenvalue weighted by atomic mass is 16.2. The summed E-state index contributed by atoms with van der Waals surface area (Å²) < 4.78 is 1.76. The van der Waals surface area contributed by atoms with E-state index in [0.29, 0.717) is 19.6 Å². The van der Waals surface area contributed by atoms with Crippen LogP contribution in [0.15, 0.2) is 12.3 Å². The van der Waals surface area contributed by atoms with Crippen molar-refractivity contribution in [1.82, 2.24) is 24.9 Å². The van der Waals surface area contributed by atoms with Gasteiger partial charge in [-0.2, -0.15) is 5.10 Å². The first kappa shape index (κ1) is 17.0. The Hall–Kier alpha value is -2.38. The molecule has 0 saturated carbocycles.